The molecule has 2 heterocycles. The number of rotatable bonds is 5. The third-order valence-electron chi connectivity index (χ3n) is 9.22. The van der Waals surface area contributed by atoms with Gasteiger partial charge < -0.3 is 5.32 Å². The fourth-order valence-electron chi connectivity index (χ4n) is 7.21. The third kappa shape index (κ3) is 5.72. The second-order valence-electron chi connectivity index (χ2n) is 11.6. The molecule has 0 atom stereocenters. The Morgan fingerprint density at radius 1 is 0.973 bits per heavy atom. The summed E-state index contributed by atoms with van der Waals surface area (Å²) in [6, 6.07) is 2.33. The molecular formula is C26H36F3N5O2S. The summed E-state index contributed by atoms with van der Waals surface area (Å²) < 4.78 is 66.8. The first-order valence-electron chi connectivity index (χ1n) is 13.4. The van der Waals surface area contributed by atoms with Crippen molar-refractivity contribution in [1.29, 1.82) is 0 Å². The van der Waals surface area contributed by atoms with Crippen LogP contribution in [0.4, 0.5) is 13.2 Å². The molecule has 1 saturated heterocycles. The molecule has 0 radical (unpaired) electrons. The van der Waals surface area contributed by atoms with Gasteiger partial charge in [0.25, 0.3) is 0 Å². The summed E-state index contributed by atoms with van der Waals surface area (Å²) in [6.45, 7) is 2.29. The minimum Gasteiger partial charge on any atom is -0.317 e. The summed E-state index contributed by atoms with van der Waals surface area (Å²) in [7, 11) is -4.22. The summed E-state index contributed by atoms with van der Waals surface area (Å²) in [6.07, 6.45) is 8.71. The van der Waals surface area contributed by atoms with E-state index in [0.717, 1.165) is 57.0 Å². The Kier molecular flexibility index (Phi) is 7.39. The van der Waals surface area contributed by atoms with Crippen LogP contribution in [0.5, 0.6) is 0 Å². The summed E-state index contributed by atoms with van der Waals surface area (Å²) in [4.78, 5) is -0.755. The lowest BCUT2D eigenvalue weighted by Gasteiger charge is -2.44. The van der Waals surface area contributed by atoms with E-state index in [-0.39, 0.29) is 17.3 Å². The predicted molar refractivity (Wildman–Crippen MR) is 134 cm³/mol. The summed E-state index contributed by atoms with van der Waals surface area (Å²) >= 11 is 0. The Morgan fingerprint density at radius 2 is 1.62 bits per heavy atom. The van der Waals surface area contributed by atoms with E-state index in [2.05, 4.69) is 25.9 Å². The molecule has 0 unspecified atom stereocenters. The minimum absolute atomic E-state index is 0.0445. The summed E-state index contributed by atoms with van der Waals surface area (Å²) in [5, 5.41) is 17.0. The van der Waals surface area contributed by atoms with E-state index in [1.165, 1.54) is 51.0 Å². The zero-order chi connectivity index (χ0) is 26.3. The van der Waals surface area contributed by atoms with E-state index in [1.54, 1.807) is 0 Å². The van der Waals surface area contributed by atoms with Gasteiger partial charge in [-0.15, -0.1) is 10.2 Å². The van der Waals surface area contributed by atoms with Gasteiger partial charge in [-0.2, -0.15) is 18.4 Å². The highest BCUT2D eigenvalue weighted by molar-refractivity contribution is 7.91. The highest BCUT2D eigenvalue weighted by Gasteiger charge is 2.41. The molecule has 0 bridgehead atoms. The van der Waals surface area contributed by atoms with Crippen LogP contribution in [0, 0.1) is 17.3 Å². The highest BCUT2D eigenvalue weighted by Crippen LogP contribution is 2.49. The fourth-order valence-corrected chi connectivity index (χ4v) is 8.37. The number of aromatic nitrogens is 4. The zero-order valence-corrected chi connectivity index (χ0v) is 22.1. The largest absolute Gasteiger partial charge is 0.417 e. The molecule has 11 heteroatoms. The number of nitrogens with one attached hydrogen (secondary N) is 2. The lowest BCUT2D eigenvalue weighted by Crippen LogP contribution is -2.39. The molecule has 1 aromatic carbocycles. The minimum atomic E-state index is -4.82. The molecule has 1 aliphatic heterocycles. The van der Waals surface area contributed by atoms with Gasteiger partial charge in [-0.3, -0.25) is 0 Å². The van der Waals surface area contributed by atoms with Crippen molar-refractivity contribution < 1.29 is 21.6 Å². The number of alkyl halides is 3. The molecule has 3 aliphatic rings. The van der Waals surface area contributed by atoms with Crippen molar-refractivity contribution >= 4 is 9.84 Å². The molecule has 2 aromatic rings. The Balaban J connectivity index is 1.32. The van der Waals surface area contributed by atoms with Crippen LogP contribution in [0.2, 0.25) is 0 Å². The highest BCUT2D eigenvalue weighted by atomic mass is 32.2. The van der Waals surface area contributed by atoms with Crippen molar-refractivity contribution in [2.24, 2.45) is 17.3 Å². The van der Waals surface area contributed by atoms with Crippen LogP contribution < -0.4 is 5.32 Å². The van der Waals surface area contributed by atoms with Gasteiger partial charge in [-0.25, -0.2) is 8.42 Å². The van der Waals surface area contributed by atoms with Gasteiger partial charge in [0.15, 0.2) is 9.84 Å². The molecule has 5 rings (SSSR count). The Morgan fingerprint density at radius 3 is 2.19 bits per heavy atom. The zero-order valence-electron chi connectivity index (χ0n) is 21.3. The van der Waals surface area contributed by atoms with Crippen molar-refractivity contribution in [2.75, 3.05) is 19.3 Å². The summed E-state index contributed by atoms with van der Waals surface area (Å²) in [5.74, 6) is 1.22. The van der Waals surface area contributed by atoms with Crippen molar-refractivity contribution in [3.63, 3.8) is 0 Å². The van der Waals surface area contributed by atoms with Gasteiger partial charge in [-0.05, 0) is 124 Å². The number of H-pyrrole nitrogens is 1. The Hall–Kier alpha value is -2.01. The van der Waals surface area contributed by atoms with E-state index in [9.17, 15) is 21.6 Å². The van der Waals surface area contributed by atoms with Gasteiger partial charge in [0.2, 0.25) is 5.82 Å². The quantitative estimate of drug-likeness (QED) is 0.520. The van der Waals surface area contributed by atoms with Crippen molar-refractivity contribution in [3.05, 3.63) is 23.3 Å². The van der Waals surface area contributed by atoms with Crippen LogP contribution in [-0.2, 0) is 16.0 Å². The average molecular weight is 540 g/mol. The molecule has 2 N–H and O–H groups in total. The molecule has 2 saturated carbocycles. The van der Waals surface area contributed by atoms with E-state index < -0.39 is 26.5 Å². The van der Waals surface area contributed by atoms with Crippen molar-refractivity contribution in [3.8, 4) is 11.4 Å². The van der Waals surface area contributed by atoms with Gasteiger partial charge in [0.05, 0.1) is 10.5 Å². The number of piperidine rings is 1. The first kappa shape index (κ1) is 26.6. The van der Waals surface area contributed by atoms with Crippen LogP contribution in [0.1, 0.15) is 87.7 Å². The Bertz CT molecular complexity index is 1180. The molecule has 1 spiro atoms. The van der Waals surface area contributed by atoms with Crippen LogP contribution >= 0.6 is 0 Å². The average Bonchev–Trinajstić information content (AvgIpc) is 3.39. The van der Waals surface area contributed by atoms with Crippen molar-refractivity contribution in [1.82, 2.24) is 25.9 Å². The van der Waals surface area contributed by atoms with Crippen LogP contribution in [0.3, 0.4) is 0 Å². The monoisotopic (exact) mass is 539 g/mol. The number of halogens is 3. The lowest BCUT2D eigenvalue weighted by atomic mass is 9.64. The SMILES string of the molecule is CS(=O)(=O)c1c(C(F)(F)F)ccc(C2CCC(CC3CCC4(CCNCC4)CC3)CC2)c1-c1nn[nH]n1. The topological polar surface area (TPSA) is 101 Å². The van der Waals surface area contributed by atoms with Crippen LogP contribution in [0.25, 0.3) is 11.4 Å². The van der Waals surface area contributed by atoms with Gasteiger partial charge >= 0.3 is 6.18 Å². The number of aromatic amines is 1. The maximum absolute atomic E-state index is 13.8. The van der Waals surface area contributed by atoms with Gasteiger partial charge in [0.1, 0.15) is 0 Å². The molecule has 37 heavy (non-hydrogen) atoms. The van der Waals surface area contributed by atoms with Gasteiger partial charge in [-0.1, -0.05) is 6.07 Å². The number of nitrogens with zero attached hydrogens (tertiary/aromatic N) is 3. The molecule has 3 fully saturated rings. The molecule has 1 aromatic heterocycles. The number of hydrogen-bond donors (Lipinski definition) is 2. The molecular weight excluding hydrogens is 503 g/mol. The standard InChI is InChI=1S/C26H36F3N5O2S/c1-37(35,36)23-21(26(27,28)29)7-6-20(22(23)24-31-33-34-32-24)19-4-2-17(3-5-19)16-18-8-10-25(11-9-18)12-14-30-15-13-25/h6-7,17-19,30H,2-5,8-16H2,1H3,(H,31,32,33,34). The smallest absolute Gasteiger partial charge is 0.317 e. The van der Waals surface area contributed by atoms with Crippen molar-refractivity contribution in [2.45, 2.75) is 87.6 Å². The predicted octanol–water partition coefficient (Wildman–Crippen LogP) is 5.51. The van der Waals surface area contributed by atoms with E-state index in [0.29, 0.717) is 16.9 Å². The Labute approximate surface area is 216 Å². The van der Waals surface area contributed by atoms with E-state index in [4.69, 9.17) is 0 Å². The molecule has 204 valence electrons. The summed E-state index contributed by atoms with van der Waals surface area (Å²) in [5.41, 5.74) is -0.117. The normalized spacial score (nSPS) is 25.4. The first-order valence-corrected chi connectivity index (χ1v) is 15.3. The number of sulfone groups is 1. The molecule has 2 aliphatic carbocycles. The fraction of sp³-hybridized carbons (Fsp3) is 0.731. The lowest BCUT2D eigenvalue weighted by molar-refractivity contribution is -0.139. The second kappa shape index (κ2) is 10.3. The van der Waals surface area contributed by atoms with E-state index >= 15 is 0 Å². The van der Waals surface area contributed by atoms with Crippen LogP contribution in [0.15, 0.2) is 17.0 Å². The molecule has 7 nitrogen and oxygen atoms in total. The number of tetrazole rings is 1. The number of benzene rings is 1. The first-order chi connectivity index (χ1) is 17.6. The maximum atomic E-state index is 13.8. The maximum Gasteiger partial charge on any atom is 0.417 e. The van der Waals surface area contributed by atoms with Gasteiger partial charge in [0, 0.05) is 11.8 Å². The van der Waals surface area contributed by atoms with E-state index in [1.807, 2.05) is 0 Å². The second-order valence-corrected chi connectivity index (χ2v) is 13.5. The van der Waals surface area contributed by atoms with Crippen LogP contribution in [-0.4, -0.2) is 48.4 Å². The number of hydrogen-bond acceptors (Lipinski definition) is 6. The molecule has 0 amide bonds. The third-order valence-corrected chi connectivity index (χ3v) is 10.4.